The molecule has 6 heteroatoms. The Kier molecular flexibility index (Phi) is 2.26. The fourth-order valence-electron chi connectivity index (χ4n) is 2.47. The van der Waals surface area contributed by atoms with E-state index in [1.54, 1.807) is 12.3 Å². The molecule has 1 saturated carbocycles. The van der Waals surface area contributed by atoms with Crippen LogP contribution in [0.5, 0.6) is 0 Å². The van der Waals surface area contributed by atoms with E-state index in [1.165, 1.54) is 12.3 Å². The van der Waals surface area contributed by atoms with Crippen molar-refractivity contribution in [3.63, 3.8) is 0 Å². The highest BCUT2D eigenvalue weighted by molar-refractivity contribution is 5.82. The number of para-hydroxylation sites is 1. The number of hydrogen-bond donors (Lipinski definition) is 1. The number of fused-ring (bicyclic) bond motifs is 1. The van der Waals surface area contributed by atoms with Gasteiger partial charge in [0.1, 0.15) is 11.2 Å². The van der Waals surface area contributed by atoms with Crippen LogP contribution in [0.2, 0.25) is 0 Å². The molecule has 0 unspecified atom stereocenters. The Morgan fingerprint density at radius 2 is 2.00 bits per heavy atom. The van der Waals surface area contributed by atoms with E-state index in [9.17, 15) is 4.39 Å². The number of halogens is 1. The molecule has 0 amide bonds. The van der Waals surface area contributed by atoms with E-state index in [2.05, 4.69) is 15.0 Å². The fourth-order valence-corrected chi connectivity index (χ4v) is 2.47. The van der Waals surface area contributed by atoms with Gasteiger partial charge in [0.05, 0.1) is 5.52 Å². The highest BCUT2D eigenvalue weighted by Gasteiger charge is 2.30. The van der Waals surface area contributed by atoms with Crippen molar-refractivity contribution in [1.82, 2.24) is 19.5 Å². The molecule has 1 aromatic carbocycles. The molecule has 1 aliphatic carbocycles. The van der Waals surface area contributed by atoms with Crippen LogP contribution in [0.4, 0.5) is 10.2 Å². The summed E-state index contributed by atoms with van der Waals surface area (Å²) in [6.45, 7) is 0. The molecule has 0 aliphatic heterocycles. The van der Waals surface area contributed by atoms with Gasteiger partial charge < -0.3 is 10.3 Å². The first-order valence-electron chi connectivity index (χ1n) is 6.49. The number of imidazole rings is 1. The van der Waals surface area contributed by atoms with Crippen molar-refractivity contribution >= 4 is 16.9 Å². The maximum absolute atomic E-state index is 13.9. The largest absolute Gasteiger partial charge is 0.382 e. The van der Waals surface area contributed by atoms with E-state index in [-0.39, 0.29) is 5.82 Å². The number of nitrogens with zero attached hydrogens (tertiary/aromatic N) is 4. The van der Waals surface area contributed by atoms with Gasteiger partial charge in [-0.25, -0.2) is 19.3 Å². The normalized spacial score (nSPS) is 14.8. The second-order valence-corrected chi connectivity index (χ2v) is 4.93. The molecule has 2 heterocycles. The molecule has 0 radical (unpaired) electrons. The number of anilines is 1. The zero-order valence-corrected chi connectivity index (χ0v) is 10.6. The minimum Gasteiger partial charge on any atom is -0.382 e. The summed E-state index contributed by atoms with van der Waals surface area (Å²) in [4.78, 5) is 12.7. The van der Waals surface area contributed by atoms with Gasteiger partial charge in [-0.05, 0) is 25.0 Å². The summed E-state index contributed by atoms with van der Waals surface area (Å²) in [5.41, 5.74) is 7.54. The van der Waals surface area contributed by atoms with Crippen LogP contribution < -0.4 is 5.73 Å². The first-order chi connectivity index (χ1) is 9.75. The molecule has 20 heavy (non-hydrogen) atoms. The maximum atomic E-state index is 13.9. The number of hydrogen-bond acceptors (Lipinski definition) is 4. The SMILES string of the molecule is Nc1nccnc1-c1nc2c(F)cccc2n1C1CC1. The van der Waals surface area contributed by atoms with Gasteiger partial charge in [-0.15, -0.1) is 0 Å². The van der Waals surface area contributed by atoms with Gasteiger partial charge in [-0.2, -0.15) is 0 Å². The van der Waals surface area contributed by atoms with Gasteiger partial charge >= 0.3 is 0 Å². The summed E-state index contributed by atoms with van der Waals surface area (Å²) in [7, 11) is 0. The number of nitrogen functional groups attached to an aromatic ring is 1. The van der Waals surface area contributed by atoms with Gasteiger partial charge in [0.15, 0.2) is 17.5 Å². The predicted molar refractivity (Wildman–Crippen MR) is 73.4 cm³/mol. The lowest BCUT2D eigenvalue weighted by Crippen LogP contribution is -2.03. The first-order valence-corrected chi connectivity index (χ1v) is 6.49. The molecule has 0 saturated heterocycles. The minimum atomic E-state index is -0.328. The monoisotopic (exact) mass is 269 g/mol. The number of rotatable bonds is 2. The Bertz CT molecular complexity index is 806. The van der Waals surface area contributed by atoms with Crippen LogP contribution in [0.15, 0.2) is 30.6 Å². The van der Waals surface area contributed by atoms with E-state index in [0.29, 0.717) is 28.9 Å². The molecule has 0 bridgehead atoms. The summed E-state index contributed by atoms with van der Waals surface area (Å²) in [6, 6.07) is 5.33. The molecular weight excluding hydrogens is 257 g/mol. The number of nitrogens with two attached hydrogens (primary N) is 1. The summed E-state index contributed by atoms with van der Waals surface area (Å²) < 4.78 is 16.0. The molecule has 2 aromatic heterocycles. The Morgan fingerprint density at radius 1 is 1.20 bits per heavy atom. The summed E-state index contributed by atoms with van der Waals surface area (Å²) in [6.07, 6.45) is 5.23. The standard InChI is InChI=1S/C14H12FN5/c15-9-2-1-3-10-11(9)19-14(20(10)8-4-5-8)12-13(16)18-7-6-17-12/h1-3,6-8H,4-5H2,(H2,16,18). The molecule has 1 fully saturated rings. The van der Waals surface area contributed by atoms with Crippen molar-refractivity contribution < 1.29 is 4.39 Å². The highest BCUT2D eigenvalue weighted by atomic mass is 19.1. The fraction of sp³-hybridized carbons (Fsp3) is 0.214. The molecule has 100 valence electrons. The quantitative estimate of drug-likeness (QED) is 0.776. The predicted octanol–water partition coefficient (Wildman–Crippen LogP) is 2.55. The lowest BCUT2D eigenvalue weighted by molar-refractivity contribution is 0.637. The zero-order chi connectivity index (χ0) is 13.7. The maximum Gasteiger partial charge on any atom is 0.164 e. The number of aromatic nitrogens is 4. The van der Waals surface area contributed by atoms with Crippen molar-refractivity contribution in [3.8, 4) is 11.5 Å². The molecule has 2 N–H and O–H groups in total. The van der Waals surface area contributed by atoms with E-state index >= 15 is 0 Å². The molecule has 1 aliphatic rings. The minimum absolute atomic E-state index is 0.310. The lowest BCUT2D eigenvalue weighted by atomic mass is 10.3. The summed E-state index contributed by atoms with van der Waals surface area (Å²) in [5, 5.41) is 0. The van der Waals surface area contributed by atoms with E-state index in [4.69, 9.17) is 5.73 Å². The Labute approximate surface area is 114 Å². The van der Waals surface area contributed by atoms with E-state index < -0.39 is 0 Å². The Balaban J connectivity index is 2.06. The molecule has 5 nitrogen and oxygen atoms in total. The number of benzene rings is 1. The highest BCUT2D eigenvalue weighted by Crippen LogP contribution is 2.41. The van der Waals surface area contributed by atoms with Crippen LogP contribution in [0.25, 0.3) is 22.6 Å². The van der Waals surface area contributed by atoms with Crippen LogP contribution in [-0.4, -0.2) is 19.5 Å². The van der Waals surface area contributed by atoms with Crippen molar-refractivity contribution in [3.05, 3.63) is 36.4 Å². The zero-order valence-electron chi connectivity index (χ0n) is 10.6. The first kappa shape index (κ1) is 11.3. The summed E-state index contributed by atoms with van der Waals surface area (Å²) in [5.74, 6) is 0.578. The Hall–Kier alpha value is -2.50. The van der Waals surface area contributed by atoms with Crippen LogP contribution >= 0.6 is 0 Å². The molecule has 4 rings (SSSR count). The van der Waals surface area contributed by atoms with Crippen LogP contribution in [0, 0.1) is 5.82 Å². The van der Waals surface area contributed by atoms with Crippen LogP contribution in [0.1, 0.15) is 18.9 Å². The lowest BCUT2D eigenvalue weighted by Gasteiger charge is -2.07. The van der Waals surface area contributed by atoms with Gasteiger partial charge in [-0.3, -0.25) is 0 Å². The van der Waals surface area contributed by atoms with E-state index in [1.807, 2.05) is 10.6 Å². The van der Waals surface area contributed by atoms with E-state index in [0.717, 1.165) is 18.4 Å². The van der Waals surface area contributed by atoms with Gasteiger partial charge in [0.2, 0.25) is 0 Å². The topological polar surface area (TPSA) is 69.6 Å². The van der Waals surface area contributed by atoms with Crippen molar-refractivity contribution in [2.45, 2.75) is 18.9 Å². The smallest absolute Gasteiger partial charge is 0.164 e. The van der Waals surface area contributed by atoms with Crippen molar-refractivity contribution in [2.24, 2.45) is 0 Å². The van der Waals surface area contributed by atoms with Gasteiger partial charge in [0, 0.05) is 18.4 Å². The molecule has 3 aromatic rings. The van der Waals surface area contributed by atoms with Crippen LogP contribution in [0.3, 0.4) is 0 Å². The van der Waals surface area contributed by atoms with Gasteiger partial charge in [-0.1, -0.05) is 6.07 Å². The van der Waals surface area contributed by atoms with Crippen LogP contribution in [-0.2, 0) is 0 Å². The Morgan fingerprint density at radius 3 is 2.75 bits per heavy atom. The summed E-state index contributed by atoms with van der Waals surface area (Å²) >= 11 is 0. The van der Waals surface area contributed by atoms with Crippen molar-refractivity contribution in [2.75, 3.05) is 5.73 Å². The second-order valence-electron chi connectivity index (χ2n) is 4.93. The average Bonchev–Trinajstić information content (AvgIpc) is 3.20. The second kappa shape index (κ2) is 4.00. The third kappa shape index (κ3) is 1.57. The molecule has 0 spiro atoms. The third-order valence-corrected chi connectivity index (χ3v) is 3.52. The van der Waals surface area contributed by atoms with Crippen molar-refractivity contribution in [1.29, 1.82) is 0 Å². The average molecular weight is 269 g/mol. The molecular formula is C14H12FN5. The molecule has 0 atom stereocenters. The van der Waals surface area contributed by atoms with Gasteiger partial charge in [0.25, 0.3) is 0 Å². The third-order valence-electron chi connectivity index (χ3n) is 3.52.